The molecule has 0 bridgehead atoms. The van der Waals surface area contributed by atoms with Crippen LogP contribution in [0.5, 0.6) is 0 Å². The van der Waals surface area contributed by atoms with Gasteiger partial charge in [-0.1, -0.05) is 0 Å². The van der Waals surface area contributed by atoms with Crippen LogP contribution in [0, 0.1) is 17.5 Å². The first-order chi connectivity index (χ1) is 7.61. The Morgan fingerprint density at radius 2 is 1.75 bits per heavy atom. The first-order valence-electron chi connectivity index (χ1n) is 4.15. The van der Waals surface area contributed by atoms with Gasteiger partial charge in [0, 0.05) is 5.56 Å². The quantitative estimate of drug-likeness (QED) is 0.606. The van der Waals surface area contributed by atoms with Gasteiger partial charge in [-0.05, 0) is 12.1 Å². The average Bonchev–Trinajstić information content (AvgIpc) is 2.73. The van der Waals surface area contributed by atoms with Crippen molar-refractivity contribution in [3.05, 3.63) is 35.5 Å². The number of alkyl halides is 1. The third kappa shape index (κ3) is 1.88. The molecule has 0 N–H and O–H groups in total. The van der Waals surface area contributed by atoms with E-state index in [1.165, 1.54) is 0 Å². The molecule has 0 aliphatic heterocycles. The molecule has 84 valence electrons. The summed E-state index contributed by atoms with van der Waals surface area (Å²) < 4.78 is 43.4. The molecule has 0 aliphatic rings. The molecule has 0 saturated carbocycles. The highest BCUT2D eigenvalue weighted by Gasteiger charge is 2.15. The van der Waals surface area contributed by atoms with Crippen LogP contribution in [0.4, 0.5) is 13.2 Å². The van der Waals surface area contributed by atoms with Crippen LogP contribution in [-0.4, -0.2) is 10.2 Å². The molecule has 0 fully saturated rings. The van der Waals surface area contributed by atoms with Crippen molar-refractivity contribution in [3.63, 3.8) is 0 Å². The summed E-state index contributed by atoms with van der Waals surface area (Å²) in [6.45, 7) is 0. The Bertz CT molecular complexity index is 506. The van der Waals surface area contributed by atoms with Gasteiger partial charge >= 0.3 is 0 Å². The third-order valence-corrected chi connectivity index (χ3v) is 2.04. The molecule has 0 spiro atoms. The highest BCUT2D eigenvalue weighted by Crippen LogP contribution is 2.22. The Morgan fingerprint density at radius 1 is 1.12 bits per heavy atom. The van der Waals surface area contributed by atoms with Crippen molar-refractivity contribution in [2.45, 2.75) is 5.88 Å². The van der Waals surface area contributed by atoms with E-state index in [2.05, 4.69) is 10.2 Å². The van der Waals surface area contributed by atoms with E-state index in [0.717, 1.165) is 12.1 Å². The van der Waals surface area contributed by atoms with Gasteiger partial charge in [0.1, 0.15) is 5.88 Å². The van der Waals surface area contributed by atoms with E-state index < -0.39 is 17.5 Å². The van der Waals surface area contributed by atoms with Crippen LogP contribution in [0.15, 0.2) is 16.5 Å². The number of aromatic nitrogens is 2. The topological polar surface area (TPSA) is 38.9 Å². The van der Waals surface area contributed by atoms with Crippen molar-refractivity contribution in [2.75, 3.05) is 0 Å². The Labute approximate surface area is 92.9 Å². The Morgan fingerprint density at radius 3 is 2.25 bits per heavy atom. The van der Waals surface area contributed by atoms with Gasteiger partial charge in [0.25, 0.3) is 0 Å². The molecule has 0 atom stereocenters. The summed E-state index contributed by atoms with van der Waals surface area (Å²) in [6, 6.07) is 1.54. The fourth-order valence-corrected chi connectivity index (χ4v) is 1.21. The van der Waals surface area contributed by atoms with Crippen molar-refractivity contribution in [1.29, 1.82) is 0 Å². The second-order valence-corrected chi connectivity index (χ2v) is 3.16. The summed E-state index contributed by atoms with van der Waals surface area (Å²) in [6.07, 6.45) is 0. The van der Waals surface area contributed by atoms with Crippen LogP contribution in [0.1, 0.15) is 5.89 Å². The summed E-state index contributed by atoms with van der Waals surface area (Å²) in [4.78, 5) is 0. The lowest BCUT2D eigenvalue weighted by Crippen LogP contribution is -1.91. The molecule has 7 heteroatoms. The minimum absolute atomic E-state index is 0.0147. The largest absolute Gasteiger partial charge is 0.419 e. The zero-order valence-electron chi connectivity index (χ0n) is 7.68. The highest BCUT2D eigenvalue weighted by atomic mass is 35.5. The van der Waals surface area contributed by atoms with Crippen molar-refractivity contribution in [3.8, 4) is 11.5 Å². The third-order valence-electron chi connectivity index (χ3n) is 1.81. The molecule has 0 aliphatic carbocycles. The normalized spacial score (nSPS) is 10.8. The predicted molar refractivity (Wildman–Crippen MR) is 49.2 cm³/mol. The van der Waals surface area contributed by atoms with E-state index in [-0.39, 0.29) is 23.2 Å². The monoisotopic (exact) mass is 248 g/mol. The van der Waals surface area contributed by atoms with Gasteiger partial charge in [-0.15, -0.1) is 21.8 Å². The average molecular weight is 249 g/mol. The molecule has 0 amide bonds. The van der Waals surface area contributed by atoms with E-state index in [0.29, 0.717) is 0 Å². The summed E-state index contributed by atoms with van der Waals surface area (Å²) in [5, 5.41) is 7.02. The van der Waals surface area contributed by atoms with Crippen LogP contribution in [0.2, 0.25) is 0 Å². The fraction of sp³-hybridized carbons (Fsp3) is 0.111. The van der Waals surface area contributed by atoms with Crippen LogP contribution >= 0.6 is 11.6 Å². The van der Waals surface area contributed by atoms with Crippen LogP contribution in [0.25, 0.3) is 11.5 Å². The SMILES string of the molecule is Fc1cc(-c2nnc(CCl)o2)cc(F)c1F. The van der Waals surface area contributed by atoms with Gasteiger partial charge in [0.15, 0.2) is 17.5 Å². The predicted octanol–water partition coefficient (Wildman–Crippen LogP) is 2.89. The number of benzene rings is 1. The lowest BCUT2D eigenvalue weighted by molar-refractivity contribution is 0.446. The Hall–Kier alpha value is -1.56. The smallest absolute Gasteiger partial charge is 0.248 e. The molecule has 3 nitrogen and oxygen atoms in total. The standard InChI is InChI=1S/C9H4ClF3N2O/c10-3-7-14-15-9(16-7)4-1-5(11)8(13)6(12)2-4/h1-2H,3H2. The van der Waals surface area contributed by atoms with Gasteiger partial charge in [0.2, 0.25) is 11.8 Å². The van der Waals surface area contributed by atoms with E-state index in [1.54, 1.807) is 0 Å². The summed E-state index contributed by atoms with van der Waals surface area (Å²) in [5.41, 5.74) is -0.0414. The second-order valence-electron chi connectivity index (χ2n) is 2.89. The Kier molecular flexibility index (Phi) is 2.82. The molecule has 1 heterocycles. The zero-order valence-corrected chi connectivity index (χ0v) is 8.43. The first kappa shape index (κ1) is 10.9. The maximum Gasteiger partial charge on any atom is 0.248 e. The summed E-state index contributed by atoms with van der Waals surface area (Å²) >= 11 is 5.41. The molecular weight excluding hydrogens is 245 g/mol. The lowest BCUT2D eigenvalue weighted by Gasteiger charge is -1.98. The first-order valence-corrected chi connectivity index (χ1v) is 4.68. The molecule has 0 radical (unpaired) electrons. The van der Waals surface area contributed by atoms with Gasteiger partial charge in [-0.2, -0.15) is 0 Å². The maximum atomic E-state index is 12.9. The van der Waals surface area contributed by atoms with Crippen LogP contribution in [-0.2, 0) is 5.88 Å². The molecule has 2 rings (SSSR count). The number of halogens is 4. The highest BCUT2D eigenvalue weighted by molar-refractivity contribution is 6.16. The minimum atomic E-state index is -1.54. The zero-order chi connectivity index (χ0) is 11.7. The maximum absolute atomic E-state index is 12.9. The van der Waals surface area contributed by atoms with Crippen molar-refractivity contribution >= 4 is 11.6 Å². The second kappa shape index (κ2) is 4.13. The fourth-order valence-electron chi connectivity index (χ4n) is 1.10. The molecule has 16 heavy (non-hydrogen) atoms. The lowest BCUT2D eigenvalue weighted by atomic mass is 10.2. The van der Waals surface area contributed by atoms with Crippen molar-refractivity contribution < 1.29 is 17.6 Å². The summed E-state index contributed by atoms with van der Waals surface area (Å²) in [5.74, 6) is -4.20. The minimum Gasteiger partial charge on any atom is -0.419 e. The van der Waals surface area contributed by atoms with Gasteiger partial charge in [-0.3, -0.25) is 0 Å². The van der Waals surface area contributed by atoms with Crippen LogP contribution in [0.3, 0.4) is 0 Å². The number of hydrogen-bond acceptors (Lipinski definition) is 3. The molecule has 1 aromatic heterocycles. The molecular formula is C9H4ClF3N2O. The molecule has 1 aromatic carbocycles. The number of nitrogens with zero attached hydrogens (tertiary/aromatic N) is 2. The molecule has 0 unspecified atom stereocenters. The van der Waals surface area contributed by atoms with Gasteiger partial charge < -0.3 is 4.42 Å². The molecule has 2 aromatic rings. The molecule has 0 saturated heterocycles. The van der Waals surface area contributed by atoms with Gasteiger partial charge in [-0.25, -0.2) is 13.2 Å². The summed E-state index contributed by atoms with van der Waals surface area (Å²) in [7, 11) is 0. The van der Waals surface area contributed by atoms with Crippen LogP contribution < -0.4 is 0 Å². The number of hydrogen-bond donors (Lipinski definition) is 0. The van der Waals surface area contributed by atoms with E-state index in [1.807, 2.05) is 0 Å². The van der Waals surface area contributed by atoms with E-state index in [4.69, 9.17) is 16.0 Å². The van der Waals surface area contributed by atoms with Crippen molar-refractivity contribution in [1.82, 2.24) is 10.2 Å². The van der Waals surface area contributed by atoms with E-state index >= 15 is 0 Å². The number of rotatable bonds is 2. The van der Waals surface area contributed by atoms with E-state index in [9.17, 15) is 13.2 Å². The van der Waals surface area contributed by atoms with Crippen molar-refractivity contribution in [2.24, 2.45) is 0 Å². The van der Waals surface area contributed by atoms with Gasteiger partial charge in [0.05, 0.1) is 0 Å². The Balaban J connectivity index is 2.48.